The maximum absolute atomic E-state index is 11.8. The van der Waals surface area contributed by atoms with Crippen molar-refractivity contribution in [3.05, 3.63) is 23.0 Å². The summed E-state index contributed by atoms with van der Waals surface area (Å²) >= 11 is 6.03. The number of hydrogen-bond acceptors (Lipinski definition) is 2. The number of guanidine groups is 1. The predicted molar refractivity (Wildman–Crippen MR) is 111 cm³/mol. The van der Waals surface area contributed by atoms with Crippen LogP contribution < -0.4 is 5.32 Å². The van der Waals surface area contributed by atoms with Crippen molar-refractivity contribution in [2.45, 2.75) is 26.3 Å². The molecule has 0 bridgehead atoms. The highest BCUT2D eigenvalue weighted by Gasteiger charge is 2.11. The van der Waals surface area contributed by atoms with Gasteiger partial charge < -0.3 is 19.7 Å². The largest absolute Gasteiger partial charge is 0.356 e. The van der Waals surface area contributed by atoms with E-state index in [1.54, 1.807) is 19.0 Å². The molecule has 6 nitrogen and oxygen atoms in total. The lowest BCUT2D eigenvalue weighted by molar-refractivity contribution is -0.127. The van der Waals surface area contributed by atoms with E-state index in [4.69, 9.17) is 11.6 Å². The number of amides is 1. The third-order valence-electron chi connectivity index (χ3n) is 3.51. The predicted octanol–water partition coefficient (Wildman–Crippen LogP) is 2.56. The first kappa shape index (κ1) is 23.0. The molecule has 0 aromatic carbocycles. The number of rotatable bonds is 7. The zero-order chi connectivity index (χ0) is 17.4. The number of hydrogen-bond donors (Lipinski definition) is 1. The standard InChI is InChI=1S/C16H28ClN5O.HI/c1-6-7-8-18-16(19-10-15(23)20(2)3)22(5)12-14-9-13(17)11-21(14)4;/h9,11H,6-8,10,12H2,1-5H3,(H,18,19);1H. The minimum atomic E-state index is -0.0184. The minimum absolute atomic E-state index is 0. The van der Waals surface area contributed by atoms with Gasteiger partial charge in [0.25, 0.3) is 0 Å². The summed E-state index contributed by atoms with van der Waals surface area (Å²) in [4.78, 5) is 19.8. The molecule has 1 aromatic rings. The van der Waals surface area contributed by atoms with Gasteiger partial charge in [-0.05, 0) is 12.5 Å². The molecular formula is C16H29ClIN5O. The summed E-state index contributed by atoms with van der Waals surface area (Å²) in [6.45, 7) is 3.78. The molecule has 0 aliphatic carbocycles. The van der Waals surface area contributed by atoms with E-state index in [2.05, 4.69) is 17.2 Å². The van der Waals surface area contributed by atoms with Crippen molar-refractivity contribution >= 4 is 47.4 Å². The molecule has 24 heavy (non-hydrogen) atoms. The Bertz CT molecular complexity index is 545. The molecule has 0 fully saturated rings. The van der Waals surface area contributed by atoms with E-state index in [0.717, 1.165) is 36.1 Å². The van der Waals surface area contributed by atoms with Gasteiger partial charge in [0, 0.05) is 46.6 Å². The van der Waals surface area contributed by atoms with Crippen molar-refractivity contribution in [2.24, 2.45) is 12.0 Å². The van der Waals surface area contributed by atoms with E-state index in [0.29, 0.717) is 6.54 Å². The van der Waals surface area contributed by atoms with E-state index >= 15 is 0 Å². The Labute approximate surface area is 167 Å². The SMILES string of the molecule is CCCCNC(=NCC(=O)N(C)C)N(C)Cc1cc(Cl)cn1C.I. The van der Waals surface area contributed by atoms with E-state index in [-0.39, 0.29) is 36.4 Å². The third-order valence-corrected chi connectivity index (χ3v) is 3.72. The Kier molecular flexibility index (Phi) is 11.1. The van der Waals surface area contributed by atoms with E-state index in [1.807, 2.05) is 35.8 Å². The van der Waals surface area contributed by atoms with Crippen molar-refractivity contribution in [3.8, 4) is 0 Å². The van der Waals surface area contributed by atoms with Crippen molar-refractivity contribution in [2.75, 3.05) is 34.2 Å². The summed E-state index contributed by atoms with van der Waals surface area (Å²) in [5.74, 6) is 0.709. The van der Waals surface area contributed by atoms with Crippen LogP contribution in [0, 0.1) is 0 Å². The van der Waals surface area contributed by atoms with Crippen LogP contribution >= 0.6 is 35.6 Å². The van der Waals surface area contributed by atoms with E-state index in [9.17, 15) is 4.79 Å². The number of halogens is 2. The topological polar surface area (TPSA) is 52.9 Å². The summed E-state index contributed by atoms with van der Waals surface area (Å²) in [5.41, 5.74) is 1.08. The average Bonchev–Trinajstić information content (AvgIpc) is 2.79. The van der Waals surface area contributed by atoms with Gasteiger partial charge in [-0.25, -0.2) is 4.99 Å². The van der Waals surface area contributed by atoms with E-state index in [1.165, 1.54) is 0 Å². The molecule has 1 rings (SSSR count). The summed E-state index contributed by atoms with van der Waals surface area (Å²) < 4.78 is 1.99. The molecular weight excluding hydrogens is 441 g/mol. The molecule has 0 aliphatic rings. The lowest BCUT2D eigenvalue weighted by atomic mass is 10.3. The molecule has 0 aliphatic heterocycles. The van der Waals surface area contributed by atoms with Gasteiger partial charge >= 0.3 is 0 Å². The van der Waals surface area contributed by atoms with Gasteiger partial charge in [0.15, 0.2) is 5.96 Å². The van der Waals surface area contributed by atoms with Crippen LogP contribution in [-0.2, 0) is 18.4 Å². The van der Waals surface area contributed by atoms with Crippen LogP contribution in [0.25, 0.3) is 0 Å². The monoisotopic (exact) mass is 469 g/mol. The number of carbonyl (C=O) groups excluding carboxylic acids is 1. The maximum atomic E-state index is 11.8. The molecule has 0 atom stereocenters. The zero-order valence-electron chi connectivity index (χ0n) is 15.2. The normalized spacial score (nSPS) is 11.0. The number of aliphatic imine (C=N–C) groups is 1. The molecule has 0 saturated carbocycles. The van der Waals surface area contributed by atoms with Crippen LogP contribution in [0.3, 0.4) is 0 Å². The molecule has 138 valence electrons. The molecule has 0 spiro atoms. The second-order valence-corrected chi connectivity index (χ2v) is 6.26. The number of aromatic nitrogens is 1. The Morgan fingerprint density at radius 1 is 1.38 bits per heavy atom. The van der Waals surface area contributed by atoms with Gasteiger partial charge in [0.2, 0.25) is 5.91 Å². The first-order valence-corrected chi connectivity index (χ1v) is 8.23. The number of likely N-dealkylation sites (N-methyl/N-ethyl adjacent to an activating group) is 1. The maximum Gasteiger partial charge on any atom is 0.243 e. The van der Waals surface area contributed by atoms with Crippen LogP contribution in [0.15, 0.2) is 17.3 Å². The third kappa shape index (κ3) is 7.74. The van der Waals surface area contributed by atoms with Gasteiger partial charge in [-0.1, -0.05) is 24.9 Å². The Morgan fingerprint density at radius 3 is 2.54 bits per heavy atom. The van der Waals surface area contributed by atoms with E-state index < -0.39 is 0 Å². The molecule has 1 heterocycles. The number of nitrogens with zero attached hydrogens (tertiary/aromatic N) is 4. The fourth-order valence-corrected chi connectivity index (χ4v) is 2.29. The van der Waals surface area contributed by atoms with Gasteiger partial charge in [-0.3, -0.25) is 4.79 Å². The van der Waals surface area contributed by atoms with Crippen LogP contribution in [-0.4, -0.2) is 60.5 Å². The van der Waals surface area contributed by atoms with Gasteiger partial charge in [-0.15, -0.1) is 24.0 Å². The summed E-state index contributed by atoms with van der Waals surface area (Å²) in [6, 6.07) is 1.94. The smallest absolute Gasteiger partial charge is 0.243 e. The van der Waals surface area contributed by atoms with Crippen LogP contribution in [0.4, 0.5) is 0 Å². The second-order valence-electron chi connectivity index (χ2n) is 5.82. The first-order valence-electron chi connectivity index (χ1n) is 7.85. The van der Waals surface area contributed by atoms with Crippen LogP contribution in [0.1, 0.15) is 25.5 Å². The van der Waals surface area contributed by atoms with Crippen molar-refractivity contribution in [1.29, 1.82) is 0 Å². The molecule has 0 saturated heterocycles. The molecule has 1 N–H and O–H groups in total. The molecule has 0 radical (unpaired) electrons. The second kappa shape index (κ2) is 11.6. The number of nitrogens with one attached hydrogen (secondary N) is 1. The zero-order valence-corrected chi connectivity index (χ0v) is 18.3. The highest BCUT2D eigenvalue weighted by molar-refractivity contribution is 14.0. The number of carbonyl (C=O) groups is 1. The fraction of sp³-hybridized carbons (Fsp3) is 0.625. The van der Waals surface area contributed by atoms with Gasteiger partial charge in [-0.2, -0.15) is 0 Å². The van der Waals surface area contributed by atoms with Gasteiger partial charge in [0.1, 0.15) is 6.54 Å². The average molecular weight is 470 g/mol. The molecule has 1 amide bonds. The molecule has 8 heteroatoms. The Hall–Kier alpha value is -0.960. The quantitative estimate of drug-likeness (QED) is 0.289. The van der Waals surface area contributed by atoms with Crippen LogP contribution in [0.2, 0.25) is 5.02 Å². The van der Waals surface area contributed by atoms with Crippen LogP contribution in [0.5, 0.6) is 0 Å². The fourth-order valence-electron chi connectivity index (χ4n) is 2.01. The Balaban J connectivity index is 0.00000529. The summed E-state index contributed by atoms with van der Waals surface area (Å²) in [6.07, 6.45) is 4.04. The lowest BCUT2D eigenvalue weighted by Gasteiger charge is -2.23. The summed E-state index contributed by atoms with van der Waals surface area (Å²) in [7, 11) is 7.39. The highest BCUT2D eigenvalue weighted by atomic mass is 127. The van der Waals surface area contributed by atoms with Crippen molar-refractivity contribution in [3.63, 3.8) is 0 Å². The van der Waals surface area contributed by atoms with Crippen molar-refractivity contribution < 1.29 is 4.79 Å². The molecule has 0 unspecified atom stereocenters. The summed E-state index contributed by atoms with van der Waals surface area (Å²) in [5, 5.41) is 4.04. The van der Waals surface area contributed by atoms with Crippen molar-refractivity contribution in [1.82, 2.24) is 19.7 Å². The Morgan fingerprint density at radius 2 is 2.04 bits per heavy atom. The highest BCUT2D eigenvalue weighted by Crippen LogP contribution is 2.14. The van der Waals surface area contributed by atoms with Gasteiger partial charge in [0.05, 0.1) is 11.6 Å². The first-order chi connectivity index (χ1) is 10.8. The number of aryl methyl sites for hydroxylation is 1. The lowest BCUT2D eigenvalue weighted by Crippen LogP contribution is -2.40. The molecule has 1 aromatic heterocycles. The number of unbranched alkanes of at least 4 members (excludes halogenated alkanes) is 1. The minimum Gasteiger partial charge on any atom is -0.356 e.